The maximum atomic E-state index is 14.9. The molecule has 1 aromatic carbocycles. The molecule has 0 aliphatic carbocycles. The molecule has 0 saturated carbocycles. The van der Waals surface area contributed by atoms with Crippen molar-refractivity contribution in [2.75, 3.05) is 32.8 Å². The van der Waals surface area contributed by atoms with Gasteiger partial charge in [0.2, 0.25) is 130 Å². The number of aromatic amines is 1. The Hall–Kier alpha value is -14.2. The van der Waals surface area contributed by atoms with Crippen LogP contribution in [0.4, 0.5) is 0 Å². The molecule has 3 rings (SSSR count). The number of hydrogen-bond acceptors (Lipinski definition) is 30. The molecule has 150 heavy (non-hydrogen) atoms. The number of H-pyrrole nitrogens is 1. The molecule has 1 aliphatic heterocycles. The predicted octanol–water partition coefficient (Wildman–Crippen LogP) is -8.25. The first kappa shape index (κ1) is 130. The number of aliphatic hydroxyl groups is 2. The van der Waals surface area contributed by atoms with E-state index in [4.69, 9.17) is 40.1 Å². The second-order valence-electron chi connectivity index (χ2n) is 39.2. The zero-order valence-electron chi connectivity index (χ0n) is 87.5. The van der Waals surface area contributed by atoms with Gasteiger partial charge >= 0.3 is 5.97 Å². The maximum absolute atomic E-state index is 14.9. The van der Waals surface area contributed by atoms with Crippen molar-refractivity contribution < 1.29 is 131 Å². The summed E-state index contributed by atoms with van der Waals surface area (Å²) >= 11 is 0. The number of phenolic OH excluding ortho intramolecular Hbond substituents is 1. The Morgan fingerprint density at radius 3 is 1.23 bits per heavy atom. The molecule has 1 aromatic heterocycles. The minimum absolute atomic E-state index is 0.0372. The number of nitrogens with one attached hydrogen (secondary N) is 18. The molecule has 2 heterocycles. The highest BCUT2D eigenvalue weighted by atomic mass is 16.4. The number of aromatic hydroxyl groups is 1. The minimum Gasteiger partial charge on any atom is -0.508 e. The zero-order chi connectivity index (χ0) is 113. The summed E-state index contributed by atoms with van der Waals surface area (Å²) in [6.07, 6.45) is -1.93. The lowest BCUT2D eigenvalue weighted by Crippen LogP contribution is -2.62. The number of primary amides is 4. The number of likely N-dealkylation sites (tertiary alicyclic amines) is 1. The van der Waals surface area contributed by atoms with E-state index in [2.05, 4.69) is 100 Å². The van der Waals surface area contributed by atoms with Crippen molar-refractivity contribution >= 4 is 136 Å². The van der Waals surface area contributed by atoms with Crippen LogP contribution in [-0.2, 0) is 123 Å². The van der Waals surface area contributed by atoms with Crippen LogP contribution in [0.15, 0.2) is 36.8 Å². The van der Waals surface area contributed by atoms with E-state index in [0.29, 0.717) is 18.4 Å². The Morgan fingerprint density at radius 2 is 0.793 bits per heavy atom. The predicted molar refractivity (Wildman–Crippen MR) is 541 cm³/mol. The number of amides is 22. The van der Waals surface area contributed by atoms with Crippen molar-refractivity contribution in [2.45, 2.75) is 346 Å². The van der Waals surface area contributed by atoms with E-state index >= 15 is 0 Å². The molecule has 0 unspecified atom stereocenters. The Morgan fingerprint density at radius 1 is 0.420 bits per heavy atom. The van der Waals surface area contributed by atoms with Gasteiger partial charge in [-0.1, -0.05) is 87.8 Å². The van der Waals surface area contributed by atoms with Crippen molar-refractivity contribution in [1.29, 1.82) is 0 Å². The number of benzene rings is 1. The highest BCUT2D eigenvalue weighted by Crippen LogP contribution is 2.23. The summed E-state index contributed by atoms with van der Waals surface area (Å²) in [5, 5.41) is 84.3. The highest BCUT2D eigenvalue weighted by Gasteiger charge is 2.44. The van der Waals surface area contributed by atoms with Crippen molar-refractivity contribution in [1.82, 2.24) is 105 Å². The summed E-state index contributed by atoms with van der Waals surface area (Å²) < 4.78 is 0. The normalized spacial score (nSPS) is 16.1. The van der Waals surface area contributed by atoms with Crippen LogP contribution in [0.3, 0.4) is 0 Å². The molecule has 20 atom stereocenters. The number of carbonyl (C=O) groups is 23. The average molecular weight is 2120 g/mol. The van der Waals surface area contributed by atoms with Gasteiger partial charge in [0, 0.05) is 51.3 Å². The molecule has 1 fully saturated rings. The molecule has 1 saturated heterocycles. The summed E-state index contributed by atoms with van der Waals surface area (Å²) in [5.74, 6) is -24.9. The molecular formula is C96H159N27O27. The number of imidazole rings is 1. The third kappa shape index (κ3) is 47.1. The van der Waals surface area contributed by atoms with Crippen LogP contribution in [0.25, 0.3) is 0 Å². The molecule has 36 N–H and O–H groups in total. The number of unbranched alkanes of at least 4 members (excludes halogenated alkanes) is 2. The molecule has 0 bridgehead atoms. The minimum atomic E-state index is -1.81. The topological polar surface area (TPSA) is 892 Å². The molecule has 54 nitrogen and oxygen atoms in total. The van der Waals surface area contributed by atoms with Gasteiger partial charge in [-0.2, -0.15) is 0 Å². The van der Waals surface area contributed by atoms with Crippen LogP contribution < -0.4 is 131 Å². The lowest BCUT2D eigenvalue weighted by molar-refractivity contribution is -0.143. The van der Waals surface area contributed by atoms with E-state index in [1.165, 1.54) is 50.6 Å². The van der Waals surface area contributed by atoms with Crippen LogP contribution in [0.2, 0.25) is 0 Å². The number of carbonyl (C=O) groups excluding carboxylic acids is 22. The maximum Gasteiger partial charge on any atom is 0.326 e. The quantitative estimate of drug-likeness (QED) is 0.0274. The Labute approximate surface area is 870 Å². The molecule has 22 amide bonds. The summed E-state index contributed by atoms with van der Waals surface area (Å²) in [5.41, 5.74) is 39.5. The molecule has 2 aromatic rings. The van der Waals surface area contributed by atoms with Gasteiger partial charge in [-0.15, -0.1) is 0 Å². The number of hydrogen-bond donors (Lipinski definition) is 29. The van der Waals surface area contributed by atoms with Crippen molar-refractivity contribution in [3.05, 3.63) is 48.0 Å². The van der Waals surface area contributed by atoms with Crippen LogP contribution in [0.5, 0.6) is 5.75 Å². The fourth-order valence-electron chi connectivity index (χ4n) is 15.7. The number of nitrogens with two attached hydrogens (primary N) is 7. The van der Waals surface area contributed by atoms with Crippen LogP contribution in [0.1, 0.15) is 230 Å². The number of carboxylic acids is 1. The van der Waals surface area contributed by atoms with Gasteiger partial charge < -0.3 is 161 Å². The van der Waals surface area contributed by atoms with Gasteiger partial charge in [-0.05, 0) is 177 Å². The lowest BCUT2D eigenvalue weighted by Gasteiger charge is -2.31. The highest BCUT2D eigenvalue weighted by molar-refractivity contribution is 6.02. The first-order chi connectivity index (χ1) is 70.4. The summed E-state index contributed by atoms with van der Waals surface area (Å²) in [6.45, 7) is 18.6. The second-order valence-corrected chi connectivity index (χ2v) is 39.2. The molecule has 0 spiro atoms. The number of aliphatic hydroxyl groups excluding tert-OH is 2. The first-order valence-corrected chi connectivity index (χ1v) is 50.5. The van der Waals surface area contributed by atoms with Crippen molar-refractivity contribution in [3.63, 3.8) is 0 Å². The van der Waals surface area contributed by atoms with E-state index in [1.807, 2.05) is 0 Å². The smallest absolute Gasteiger partial charge is 0.326 e. The van der Waals surface area contributed by atoms with Crippen LogP contribution in [-0.4, -0.2) is 319 Å². The molecular weight excluding hydrogens is 1960 g/mol. The van der Waals surface area contributed by atoms with E-state index in [0.717, 1.165) is 11.8 Å². The second kappa shape index (κ2) is 66.3. The SMILES string of the molecule is CC[C@H](C)[C@H](NC(=O)[C@H](CC(C)C)NC(=O)[C@H](CC(C)C)NC(=O)[C@H](CCC(N)=O)NC(=O)[C@@H]1CCCN1C(=O)[C@H](CO)NC(=O)[C@H](CCCCN)NC(=O)CNC(=O)[C@H](CCC(N)=O)NC(=O)[C@H](CCCCN)NC(=O)[C@H](CCC(N)=O)NC(=O)[C@@H](N)CCC(N)=O)C(=O)N[C@@H](Cc1ccc(O)cc1)C(=O)N[C@@H](C)C(=O)N[C@@H](C)C(=O)N[C@H](C(=O)N[C@@H](Cc1c[nH]cn1)C(=O)N[C@@H](CC(C)C)C(=O)N[C@H](C(=O)O)C(C)C)[C@@H](C)O. The van der Waals surface area contributed by atoms with Gasteiger partial charge in [0.15, 0.2) is 0 Å². The summed E-state index contributed by atoms with van der Waals surface area (Å²) in [4.78, 5) is 323. The Balaban J connectivity index is 1.87. The summed E-state index contributed by atoms with van der Waals surface area (Å²) in [7, 11) is 0. The van der Waals surface area contributed by atoms with Gasteiger partial charge in [0.25, 0.3) is 0 Å². The fourth-order valence-corrected chi connectivity index (χ4v) is 15.7. The zero-order valence-corrected chi connectivity index (χ0v) is 87.5. The molecule has 0 radical (unpaired) electrons. The standard InChI is InChI=1S/C96H159N27O27/c1-14-51(10)77(93(146)117-67(41-55-23-25-57(126)26-24-55)87(140)108-52(11)79(132)107-53(12)80(133)122-78(54(13)125)94(147)118-68(42-56-43-104-46-106-56)89(142)116-65(39-48(4)5)90(143)120-76(50(8)9)96(149)150)121-91(144)66(40-49(6)7)115-88(141)64(38-47(2)3)114-86(139)63(30-34-74(103)130)113-92(145)70-22-19-37-123(70)95(148)69(45-124)119-83(136)59(20-15-17-35-97)109-75(131)44-105-82(135)61(28-32-72(101)128)112-84(137)60(21-16-18-36-98)111-85(138)62(29-33-73(102)129)110-81(134)58(99)27-31-71(100)127/h23-26,43,46-54,58-70,76-78,124-126H,14-22,27-42,44-45,97-99H2,1-13H3,(H2,100,127)(H2,101,128)(H2,102,129)(H2,103,130)(H,104,106)(H,105,135)(H,107,132)(H,108,140)(H,109,131)(H,110,134)(H,111,138)(H,112,137)(H,113,145)(H,114,139)(H,115,141)(H,116,142)(H,117,146)(H,118,147)(H,119,136)(H,120,143)(H,121,144)(H,122,133)(H,149,150)/t51-,52-,53-,54+,58-,59-,60-,61-,62-,63-,64-,65-,66-,67-,68-,69-,70-,76-,77-,78-/m0/s1. The Kier molecular flexibility index (Phi) is 57.5. The number of carboxylic acid groups (broad SMARTS) is 1. The van der Waals surface area contributed by atoms with E-state index < -0.39 is 308 Å². The number of rotatable bonds is 71. The molecule has 1 aliphatic rings. The first-order valence-electron chi connectivity index (χ1n) is 50.5. The van der Waals surface area contributed by atoms with Gasteiger partial charge in [-0.3, -0.25) is 105 Å². The monoisotopic (exact) mass is 2120 g/mol. The van der Waals surface area contributed by atoms with E-state index in [9.17, 15) is 131 Å². The van der Waals surface area contributed by atoms with Crippen molar-refractivity contribution in [3.8, 4) is 5.75 Å². The van der Waals surface area contributed by atoms with E-state index in [-0.39, 0.29) is 145 Å². The molecule has 840 valence electrons. The number of nitrogens with zero attached hydrogens (tertiary/aromatic N) is 2. The van der Waals surface area contributed by atoms with Gasteiger partial charge in [-0.25, -0.2) is 9.78 Å². The third-order valence-electron chi connectivity index (χ3n) is 24.4. The Bertz CT molecular complexity index is 4870. The third-order valence-corrected chi connectivity index (χ3v) is 24.4. The van der Waals surface area contributed by atoms with Crippen LogP contribution in [0, 0.1) is 29.6 Å². The lowest BCUT2D eigenvalue weighted by atomic mass is 9.95. The van der Waals surface area contributed by atoms with E-state index in [1.54, 1.807) is 69.2 Å². The number of aliphatic carboxylic acids is 1. The number of aromatic nitrogens is 2. The van der Waals surface area contributed by atoms with Gasteiger partial charge in [0.05, 0.1) is 37.3 Å². The van der Waals surface area contributed by atoms with Crippen LogP contribution >= 0.6 is 0 Å². The number of phenols is 1. The molecule has 54 heteroatoms. The van der Waals surface area contributed by atoms with Gasteiger partial charge in [0.1, 0.15) is 108 Å². The average Bonchev–Trinajstić information content (AvgIpc) is 1.67. The summed E-state index contributed by atoms with van der Waals surface area (Å²) in [6, 6.07) is -21.9. The largest absolute Gasteiger partial charge is 0.508 e. The fraction of sp³-hybridized carbons (Fsp3) is 0.667. The van der Waals surface area contributed by atoms with Crippen molar-refractivity contribution in [2.24, 2.45) is 69.7 Å².